The predicted molar refractivity (Wildman–Crippen MR) is 118 cm³/mol. The Morgan fingerprint density at radius 1 is 0.903 bits per heavy atom. The van der Waals surface area contributed by atoms with Crippen LogP contribution in [0.2, 0.25) is 0 Å². The molecule has 3 aromatic carbocycles. The van der Waals surface area contributed by atoms with Crippen LogP contribution in [0.1, 0.15) is 11.1 Å². The molecular weight excluding hydrogens is 392 g/mol. The quantitative estimate of drug-likeness (QED) is 0.464. The summed E-state index contributed by atoms with van der Waals surface area (Å²) in [5.41, 5.74) is 9.27. The number of furan rings is 1. The van der Waals surface area contributed by atoms with E-state index >= 15 is 0 Å². The van der Waals surface area contributed by atoms with Crippen LogP contribution in [0.25, 0.3) is 22.1 Å². The average Bonchev–Trinajstić information content (AvgIpc) is 3.18. The van der Waals surface area contributed by atoms with Crippen molar-refractivity contribution >= 4 is 22.8 Å². The Kier molecular flexibility index (Phi) is 5.98. The van der Waals surface area contributed by atoms with Gasteiger partial charge in [-0.25, -0.2) is 0 Å². The molecule has 0 aliphatic carbocycles. The molecule has 0 saturated carbocycles. The van der Waals surface area contributed by atoms with Gasteiger partial charge in [-0.05, 0) is 30.2 Å². The van der Waals surface area contributed by atoms with Gasteiger partial charge in [-0.15, -0.1) is 0 Å². The van der Waals surface area contributed by atoms with Gasteiger partial charge in [-0.1, -0.05) is 60.7 Å². The highest BCUT2D eigenvalue weighted by Crippen LogP contribution is 2.29. The fourth-order valence-corrected chi connectivity index (χ4v) is 3.31. The van der Waals surface area contributed by atoms with E-state index in [4.69, 9.17) is 9.15 Å². The number of amides is 2. The van der Waals surface area contributed by atoms with Crippen LogP contribution in [0.3, 0.4) is 0 Å². The van der Waals surface area contributed by atoms with Crippen LogP contribution >= 0.6 is 0 Å². The van der Waals surface area contributed by atoms with Crippen molar-refractivity contribution in [2.45, 2.75) is 13.3 Å². The minimum absolute atomic E-state index is 0.0913. The molecule has 2 N–H and O–H groups in total. The van der Waals surface area contributed by atoms with E-state index in [9.17, 15) is 9.59 Å². The van der Waals surface area contributed by atoms with E-state index in [0.29, 0.717) is 5.75 Å². The number of carbonyl (C=O) groups excluding carboxylic acids is 2. The summed E-state index contributed by atoms with van der Waals surface area (Å²) in [6.45, 7) is 1.75. The van der Waals surface area contributed by atoms with Crippen molar-refractivity contribution in [1.82, 2.24) is 10.9 Å². The Balaban J connectivity index is 1.30. The van der Waals surface area contributed by atoms with E-state index in [2.05, 4.69) is 10.9 Å². The number of hydrogen-bond acceptors (Lipinski definition) is 4. The van der Waals surface area contributed by atoms with Crippen molar-refractivity contribution in [2.24, 2.45) is 0 Å². The van der Waals surface area contributed by atoms with Crippen molar-refractivity contribution < 1.29 is 18.7 Å². The molecule has 1 heterocycles. The molecule has 0 unspecified atom stereocenters. The first-order valence-corrected chi connectivity index (χ1v) is 9.92. The van der Waals surface area contributed by atoms with E-state index in [-0.39, 0.29) is 18.9 Å². The number of para-hydroxylation sites is 1. The first-order chi connectivity index (χ1) is 15.1. The monoisotopic (exact) mass is 414 g/mol. The van der Waals surface area contributed by atoms with Crippen LogP contribution in [-0.4, -0.2) is 18.4 Å². The van der Waals surface area contributed by atoms with Crippen molar-refractivity contribution in [2.75, 3.05) is 6.61 Å². The fraction of sp³-hybridized carbons (Fsp3) is 0.120. The number of fused-ring (bicyclic) bond motifs is 1. The topological polar surface area (TPSA) is 80.6 Å². The molecule has 1 aromatic heterocycles. The summed E-state index contributed by atoms with van der Waals surface area (Å²) in [5.74, 6) is -0.208. The number of carbonyl (C=O) groups is 2. The molecule has 2 amide bonds. The zero-order valence-electron chi connectivity index (χ0n) is 17.1. The summed E-state index contributed by atoms with van der Waals surface area (Å²) in [7, 11) is 0. The van der Waals surface area contributed by atoms with Crippen molar-refractivity contribution in [1.29, 1.82) is 0 Å². The molecule has 0 spiro atoms. The number of aryl methyl sites for hydroxylation is 1. The largest absolute Gasteiger partial charge is 0.483 e. The Morgan fingerprint density at radius 3 is 2.48 bits per heavy atom. The van der Waals surface area contributed by atoms with Gasteiger partial charge in [0, 0.05) is 16.5 Å². The molecule has 0 aliphatic heterocycles. The van der Waals surface area contributed by atoms with Crippen LogP contribution in [0.15, 0.2) is 83.5 Å². The lowest BCUT2D eigenvalue weighted by Gasteiger charge is -2.12. The summed E-state index contributed by atoms with van der Waals surface area (Å²) in [5, 5.41) is 0.882. The van der Waals surface area contributed by atoms with E-state index < -0.39 is 5.91 Å². The van der Waals surface area contributed by atoms with Crippen molar-refractivity contribution in [3.63, 3.8) is 0 Å². The minimum Gasteiger partial charge on any atom is -0.483 e. The molecule has 31 heavy (non-hydrogen) atoms. The van der Waals surface area contributed by atoms with Gasteiger partial charge >= 0.3 is 0 Å². The Morgan fingerprint density at radius 2 is 1.65 bits per heavy atom. The second-order valence-corrected chi connectivity index (χ2v) is 7.18. The average molecular weight is 414 g/mol. The zero-order chi connectivity index (χ0) is 21.6. The van der Waals surface area contributed by atoms with Gasteiger partial charge in [0.15, 0.2) is 6.61 Å². The molecule has 0 radical (unpaired) electrons. The molecule has 0 saturated heterocycles. The first-order valence-electron chi connectivity index (χ1n) is 9.92. The number of benzene rings is 3. The van der Waals surface area contributed by atoms with Gasteiger partial charge in [-0.3, -0.25) is 20.4 Å². The van der Waals surface area contributed by atoms with E-state index in [1.807, 2.05) is 73.7 Å². The molecule has 0 fully saturated rings. The zero-order valence-corrected chi connectivity index (χ0v) is 17.1. The highest BCUT2D eigenvalue weighted by Gasteiger charge is 2.12. The molecule has 6 heteroatoms. The van der Waals surface area contributed by atoms with E-state index in [0.717, 1.165) is 33.2 Å². The van der Waals surface area contributed by atoms with Gasteiger partial charge in [0.05, 0.1) is 12.7 Å². The summed E-state index contributed by atoms with van der Waals surface area (Å²) in [4.78, 5) is 24.4. The fourth-order valence-electron chi connectivity index (χ4n) is 3.31. The molecule has 4 rings (SSSR count). The molecule has 6 nitrogen and oxygen atoms in total. The lowest BCUT2D eigenvalue weighted by Crippen LogP contribution is -2.44. The minimum atomic E-state index is -0.455. The highest BCUT2D eigenvalue weighted by molar-refractivity contribution is 5.89. The molecule has 4 aromatic rings. The Hall–Kier alpha value is -4.06. The SMILES string of the molecule is Cc1ccc2c(CC(=O)NNC(=O)COc3ccccc3-c3ccccc3)coc2c1. The van der Waals surface area contributed by atoms with Gasteiger partial charge in [-0.2, -0.15) is 0 Å². The van der Waals surface area contributed by atoms with Crippen molar-refractivity contribution in [3.05, 3.63) is 90.2 Å². The van der Waals surface area contributed by atoms with E-state index in [1.54, 1.807) is 12.3 Å². The standard InChI is InChI=1S/C25H22N2O4/c1-17-11-12-21-19(15-30-23(21)13-17)14-24(28)26-27-25(29)16-31-22-10-6-5-9-20(22)18-7-3-2-4-8-18/h2-13,15H,14,16H2,1H3,(H,26,28)(H,27,29). The Labute approximate surface area is 179 Å². The first kappa shape index (κ1) is 20.2. The van der Waals surface area contributed by atoms with Gasteiger partial charge in [0.1, 0.15) is 11.3 Å². The summed E-state index contributed by atoms with van der Waals surface area (Å²) >= 11 is 0. The maximum Gasteiger partial charge on any atom is 0.276 e. The number of hydrogen-bond donors (Lipinski definition) is 2. The predicted octanol–water partition coefficient (Wildman–Crippen LogP) is 4.18. The van der Waals surface area contributed by atoms with Crippen molar-refractivity contribution in [3.8, 4) is 16.9 Å². The van der Waals surface area contributed by atoms with Crippen LogP contribution in [0.5, 0.6) is 5.75 Å². The maximum absolute atomic E-state index is 12.2. The third-order valence-electron chi connectivity index (χ3n) is 4.83. The number of ether oxygens (including phenoxy) is 1. The van der Waals surface area contributed by atoms with Crippen LogP contribution in [0, 0.1) is 6.92 Å². The van der Waals surface area contributed by atoms with Gasteiger partial charge in [0.2, 0.25) is 5.91 Å². The lowest BCUT2D eigenvalue weighted by molar-refractivity contribution is -0.129. The summed E-state index contributed by atoms with van der Waals surface area (Å²) in [6.07, 6.45) is 1.66. The van der Waals surface area contributed by atoms with E-state index in [1.165, 1.54) is 0 Å². The van der Waals surface area contributed by atoms with Gasteiger partial charge in [0.25, 0.3) is 5.91 Å². The van der Waals surface area contributed by atoms with Crippen LogP contribution < -0.4 is 15.6 Å². The van der Waals surface area contributed by atoms with Gasteiger partial charge < -0.3 is 9.15 Å². The Bertz CT molecular complexity index is 1210. The third-order valence-corrected chi connectivity index (χ3v) is 4.83. The summed E-state index contributed by atoms with van der Waals surface area (Å²) < 4.78 is 11.2. The molecule has 156 valence electrons. The lowest BCUT2D eigenvalue weighted by atomic mass is 10.1. The number of hydrazine groups is 1. The second kappa shape index (κ2) is 9.17. The van der Waals surface area contributed by atoms with Crippen LogP contribution in [-0.2, 0) is 16.0 Å². The molecule has 0 atom stereocenters. The normalized spacial score (nSPS) is 10.6. The highest BCUT2D eigenvalue weighted by atomic mass is 16.5. The maximum atomic E-state index is 12.2. The molecule has 0 aliphatic rings. The molecule has 0 bridgehead atoms. The second-order valence-electron chi connectivity index (χ2n) is 7.18. The third kappa shape index (κ3) is 4.93. The summed E-state index contributed by atoms with van der Waals surface area (Å²) in [6, 6.07) is 23.1. The number of rotatable bonds is 6. The smallest absolute Gasteiger partial charge is 0.276 e. The van der Waals surface area contributed by atoms with Crippen LogP contribution in [0.4, 0.5) is 0 Å². The molecular formula is C25H22N2O4. The number of nitrogens with one attached hydrogen (secondary N) is 2.